The van der Waals surface area contributed by atoms with Gasteiger partial charge in [-0.3, -0.25) is 24.2 Å². The van der Waals surface area contributed by atoms with Crippen molar-refractivity contribution in [3.8, 4) is 34.3 Å². The molecule has 14 heteroatoms. The van der Waals surface area contributed by atoms with Gasteiger partial charge in [0.25, 0.3) is 5.91 Å². The zero-order valence-electron chi connectivity index (χ0n) is 37.7. The van der Waals surface area contributed by atoms with Gasteiger partial charge in [-0.1, -0.05) is 57.5 Å². The smallest absolute Gasteiger partial charge is 0.254 e. The van der Waals surface area contributed by atoms with Crippen LogP contribution >= 0.6 is 11.6 Å². The van der Waals surface area contributed by atoms with Gasteiger partial charge in [-0.25, -0.2) is 9.97 Å². The molecule has 0 radical (unpaired) electrons. The molecule has 1 N–H and O–H groups in total. The van der Waals surface area contributed by atoms with Crippen LogP contribution in [0, 0.1) is 33.5 Å². The minimum absolute atomic E-state index is 0.0865. The largest absolute Gasteiger partial charge is 0.489 e. The second kappa shape index (κ2) is 15.9. The van der Waals surface area contributed by atoms with Crippen molar-refractivity contribution in [3.05, 3.63) is 112 Å². The van der Waals surface area contributed by atoms with Crippen LogP contribution in [-0.2, 0) is 31.2 Å². The van der Waals surface area contributed by atoms with E-state index in [2.05, 4.69) is 90.3 Å². The van der Waals surface area contributed by atoms with Gasteiger partial charge < -0.3 is 19.9 Å². The molecule has 6 aromatic rings. The molecule has 1 saturated heterocycles. The van der Waals surface area contributed by atoms with Crippen molar-refractivity contribution in [2.24, 2.45) is 29.2 Å². The van der Waals surface area contributed by atoms with Crippen LogP contribution in [0.2, 0.25) is 5.02 Å². The summed E-state index contributed by atoms with van der Waals surface area (Å²) in [5, 5.41) is 19.9. The number of aromatic nitrogens is 6. The Labute approximate surface area is 384 Å². The van der Waals surface area contributed by atoms with Gasteiger partial charge >= 0.3 is 0 Å². The molecule has 3 fully saturated rings. The van der Waals surface area contributed by atoms with Crippen LogP contribution in [0.3, 0.4) is 0 Å². The second-order valence-corrected chi connectivity index (χ2v) is 20.4. The SMILES string of the molecule is CC(=O)N1CCc2c(c(-c3cccc4cc(-c5ccc(CCC6CC7(C6)CN(c6ncc(C(=O)NC8C(C)(C)C(Oc9ccc(C#N)c(Cl)c9)C8(C)C)cn6)C7)nc5)ncc34)nn2C)C1. The highest BCUT2D eigenvalue weighted by Gasteiger charge is 2.64. The second-order valence-electron chi connectivity index (χ2n) is 20.0. The number of nitrogens with one attached hydrogen (secondary N) is 1. The van der Waals surface area contributed by atoms with Gasteiger partial charge in [0.15, 0.2) is 0 Å². The topological polar surface area (TPSA) is 155 Å². The van der Waals surface area contributed by atoms with Crippen molar-refractivity contribution in [1.29, 1.82) is 5.26 Å². The molecule has 2 aromatic carbocycles. The molecule has 1 spiro atoms. The minimum Gasteiger partial charge on any atom is -0.489 e. The highest BCUT2D eigenvalue weighted by molar-refractivity contribution is 6.31. The van der Waals surface area contributed by atoms with E-state index in [1.54, 1.807) is 37.5 Å². The summed E-state index contributed by atoms with van der Waals surface area (Å²) in [5.74, 6) is 1.80. The maximum Gasteiger partial charge on any atom is 0.254 e. The van der Waals surface area contributed by atoms with E-state index in [0.29, 0.717) is 52.3 Å². The Morgan fingerprint density at radius 1 is 0.954 bits per heavy atom. The standard InChI is InChI=1S/C51H53ClN10O3/c1-30(63)61-17-16-43-40(27-61)44(59-60(43)6)38-9-7-8-32-18-42(55-26-39(32)38)34-11-14-36(54-23-34)13-10-31-20-51(21-31)28-62(29-51)48-56-24-35(25-57-48)45(64)58-46-49(2,3)47(50(46,4)5)65-37-15-12-33(22-53)41(52)19-37/h7-9,11-12,14-15,18-19,23-26,31,46-47H,10,13,16-17,20-21,27-29H2,1-6H3,(H,58,64). The summed E-state index contributed by atoms with van der Waals surface area (Å²) in [6, 6.07) is 19.7. The Morgan fingerprint density at radius 3 is 2.42 bits per heavy atom. The Morgan fingerprint density at radius 2 is 1.72 bits per heavy atom. The summed E-state index contributed by atoms with van der Waals surface area (Å²) in [7, 11) is 1.99. The maximum absolute atomic E-state index is 13.4. The molecule has 0 unspecified atom stereocenters. The molecular weight excluding hydrogens is 836 g/mol. The van der Waals surface area contributed by atoms with Crippen LogP contribution < -0.4 is 15.0 Å². The van der Waals surface area contributed by atoms with Crippen molar-refractivity contribution in [2.45, 2.75) is 85.4 Å². The monoisotopic (exact) mass is 888 g/mol. The van der Waals surface area contributed by atoms with E-state index in [-0.39, 0.29) is 34.8 Å². The van der Waals surface area contributed by atoms with Gasteiger partial charge in [-0.05, 0) is 67.3 Å². The van der Waals surface area contributed by atoms with Crippen molar-refractivity contribution >= 4 is 40.1 Å². The number of rotatable bonds is 10. The number of benzene rings is 2. The van der Waals surface area contributed by atoms with Gasteiger partial charge in [-0.15, -0.1) is 0 Å². The summed E-state index contributed by atoms with van der Waals surface area (Å²) in [4.78, 5) is 48.7. The predicted molar refractivity (Wildman–Crippen MR) is 249 cm³/mol. The first-order chi connectivity index (χ1) is 31.1. The van der Waals surface area contributed by atoms with E-state index in [4.69, 9.17) is 31.4 Å². The van der Waals surface area contributed by atoms with E-state index in [0.717, 1.165) is 76.9 Å². The van der Waals surface area contributed by atoms with Gasteiger partial charge in [0.1, 0.15) is 17.9 Å². The summed E-state index contributed by atoms with van der Waals surface area (Å²) < 4.78 is 8.34. The highest BCUT2D eigenvalue weighted by atomic mass is 35.5. The molecule has 0 atom stereocenters. The number of hydrogen-bond donors (Lipinski definition) is 1. The zero-order valence-corrected chi connectivity index (χ0v) is 38.5. The van der Waals surface area contributed by atoms with Gasteiger partial charge in [-0.2, -0.15) is 10.4 Å². The van der Waals surface area contributed by atoms with Crippen LogP contribution in [0.5, 0.6) is 5.75 Å². The molecular formula is C51H53ClN10O3. The number of amides is 2. The van der Waals surface area contributed by atoms with Gasteiger partial charge in [0, 0.05) is 133 Å². The number of carbonyl (C=O) groups is 2. The maximum atomic E-state index is 13.4. The molecule has 0 bridgehead atoms. The molecule has 65 heavy (non-hydrogen) atoms. The van der Waals surface area contributed by atoms with Gasteiger partial charge in [0.05, 0.1) is 27.5 Å². The fourth-order valence-corrected chi connectivity index (χ4v) is 11.8. The van der Waals surface area contributed by atoms with Crippen molar-refractivity contribution in [2.75, 3.05) is 24.5 Å². The third-order valence-electron chi connectivity index (χ3n) is 14.7. The number of carbonyl (C=O) groups excluding carboxylic acids is 2. The van der Waals surface area contributed by atoms with E-state index in [9.17, 15) is 14.9 Å². The number of hydrogen-bond acceptors (Lipinski definition) is 10. The quantitative estimate of drug-likeness (QED) is 0.142. The van der Waals surface area contributed by atoms with E-state index < -0.39 is 0 Å². The molecule has 13 nitrogen and oxygen atoms in total. The lowest BCUT2D eigenvalue weighted by Gasteiger charge is -2.63. The van der Waals surface area contributed by atoms with E-state index >= 15 is 0 Å². The highest BCUT2D eigenvalue weighted by Crippen LogP contribution is 2.56. The van der Waals surface area contributed by atoms with Crippen molar-refractivity contribution in [3.63, 3.8) is 0 Å². The predicted octanol–water partition coefficient (Wildman–Crippen LogP) is 8.38. The Kier molecular flexibility index (Phi) is 10.4. The first kappa shape index (κ1) is 42.6. The van der Waals surface area contributed by atoms with Crippen LogP contribution in [0.4, 0.5) is 5.95 Å². The van der Waals surface area contributed by atoms with Crippen LogP contribution in [-0.4, -0.2) is 78.2 Å². The number of anilines is 1. The molecule has 10 rings (SSSR count). The number of pyridine rings is 2. The third-order valence-corrected chi connectivity index (χ3v) is 15.1. The molecule has 4 aliphatic rings. The summed E-state index contributed by atoms with van der Waals surface area (Å²) >= 11 is 6.26. The number of aryl methyl sites for hydroxylation is 2. The minimum atomic E-state index is -0.372. The molecule has 332 valence electrons. The van der Waals surface area contributed by atoms with Crippen LogP contribution in [0.1, 0.15) is 86.8 Å². The first-order valence-electron chi connectivity index (χ1n) is 22.5. The Balaban J connectivity index is 0.695. The number of nitrogens with zero attached hydrogens (tertiary/aromatic N) is 9. The number of halogens is 1. The average molecular weight is 890 g/mol. The lowest BCUT2D eigenvalue weighted by atomic mass is 9.49. The fraction of sp³-hybridized carbons (Fsp3) is 0.412. The van der Waals surface area contributed by atoms with E-state index in [1.807, 2.05) is 29.0 Å². The van der Waals surface area contributed by atoms with Crippen molar-refractivity contribution < 1.29 is 14.3 Å². The molecule has 6 heterocycles. The van der Waals surface area contributed by atoms with E-state index in [1.165, 1.54) is 18.5 Å². The molecule has 4 aromatic heterocycles. The summed E-state index contributed by atoms with van der Waals surface area (Å²) in [6.45, 7) is 13.1. The summed E-state index contributed by atoms with van der Waals surface area (Å²) in [6.07, 6.45) is 12.2. The van der Waals surface area contributed by atoms with Crippen LogP contribution in [0.25, 0.3) is 33.3 Å². The zero-order chi connectivity index (χ0) is 45.4. The molecule has 2 saturated carbocycles. The van der Waals surface area contributed by atoms with Gasteiger partial charge in [0.2, 0.25) is 11.9 Å². The Hall–Kier alpha value is -6.39. The fourth-order valence-electron chi connectivity index (χ4n) is 11.6. The summed E-state index contributed by atoms with van der Waals surface area (Å²) in [5.41, 5.74) is 7.61. The molecule has 2 aliphatic heterocycles. The first-order valence-corrected chi connectivity index (χ1v) is 22.9. The number of ether oxygens (including phenoxy) is 1. The lowest BCUT2D eigenvalue weighted by molar-refractivity contribution is -0.164. The third kappa shape index (κ3) is 7.55. The molecule has 2 aliphatic carbocycles. The normalized spacial score (nSPS) is 20.3. The average Bonchev–Trinajstić information content (AvgIpc) is 3.60. The Bertz CT molecular complexity index is 2870. The van der Waals surface area contributed by atoms with Crippen LogP contribution in [0.15, 0.2) is 79.4 Å². The number of fused-ring (bicyclic) bond motifs is 2. The number of nitriles is 1. The molecule has 2 amide bonds. The van der Waals surface area contributed by atoms with Crippen molar-refractivity contribution in [1.82, 2.24) is 39.9 Å². The lowest BCUT2D eigenvalue weighted by Crippen LogP contribution is -2.74.